The number of carbonyl (C=O) groups is 2. The lowest BCUT2D eigenvalue weighted by molar-refractivity contribution is -0.140. The number of pyridine rings is 1. The maximum Gasteiger partial charge on any atom is 0.295 e. The molecule has 1 atom stereocenters. The third kappa shape index (κ3) is 5.04. The highest BCUT2D eigenvalue weighted by Gasteiger charge is 2.46. The lowest BCUT2D eigenvalue weighted by atomic mass is 9.93. The Bertz CT molecular complexity index is 1270. The van der Waals surface area contributed by atoms with Crippen LogP contribution in [0.2, 0.25) is 0 Å². The van der Waals surface area contributed by atoms with Crippen molar-refractivity contribution in [2.45, 2.75) is 33.4 Å². The van der Waals surface area contributed by atoms with Crippen LogP contribution in [0.5, 0.6) is 11.5 Å². The van der Waals surface area contributed by atoms with Crippen LogP contribution in [-0.2, 0) is 16.1 Å². The standard InChI is InChI=1S/C28H28N2O5/c1-17(2)16-35-22-10-11-23(18(3)13-22)26(32)24-25(20-6-8-21(31)9-7-20)30(28(34)27(24)33)15-19-5-4-12-29-14-19/h4-14,17,25,31-32H,15-16H2,1-3H3. The summed E-state index contributed by atoms with van der Waals surface area (Å²) in [5, 5.41) is 21.1. The van der Waals surface area contributed by atoms with Crippen molar-refractivity contribution in [1.29, 1.82) is 0 Å². The molecule has 2 N–H and O–H groups in total. The molecule has 4 rings (SSSR count). The van der Waals surface area contributed by atoms with Gasteiger partial charge in [-0.2, -0.15) is 0 Å². The molecule has 0 spiro atoms. The van der Waals surface area contributed by atoms with E-state index in [0.29, 0.717) is 35.0 Å². The zero-order chi connectivity index (χ0) is 25.1. The summed E-state index contributed by atoms with van der Waals surface area (Å²) in [7, 11) is 0. The number of aliphatic hydroxyl groups is 1. The van der Waals surface area contributed by atoms with Gasteiger partial charge in [-0.15, -0.1) is 0 Å². The van der Waals surface area contributed by atoms with Crippen molar-refractivity contribution in [3.63, 3.8) is 0 Å². The fourth-order valence-corrected chi connectivity index (χ4v) is 4.13. The number of benzene rings is 2. The molecule has 1 unspecified atom stereocenters. The molecule has 180 valence electrons. The van der Waals surface area contributed by atoms with Gasteiger partial charge in [0.2, 0.25) is 0 Å². The summed E-state index contributed by atoms with van der Waals surface area (Å²) in [6, 6.07) is 14.3. The average Bonchev–Trinajstić information content (AvgIpc) is 3.08. The predicted octanol–water partition coefficient (Wildman–Crippen LogP) is 4.75. The number of Topliss-reactive ketones (excluding diaryl/α,β-unsaturated/α-hetero) is 1. The van der Waals surface area contributed by atoms with Gasteiger partial charge >= 0.3 is 0 Å². The van der Waals surface area contributed by atoms with Crippen molar-refractivity contribution in [3.05, 3.63) is 94.8 Å². The SMILES string of the molecule is Cc1cc(OCC(C)C)ccc1C(O)=C1C(=O)C(=O)N(Cc2cccnc2)C1c1ccc(O)cc1. The van der Waals surface area contributed by atoms with E-state index in [1.54, 1.807) is 48.8 Å². The van der Waals surface area contributed by atoms with E-state index in [4.69, 9.17) is 4.74 Å². The minimum atomic E-state index is -0.827. The molecule has 1 amide bonds. The Labute approximate surface area is 204 Å². The van der Waals surface area contributed by atoms with E-state index >= 15 is 0 Å². The zero-order valence-corrected chi connectivity index (χ0v) is 19.9. The summed E-state index contributed by atoms with van der Waals surface area (Å²) in [5.74, 6) is -0.620. The summed E-state index contributed by atoms with van der Waals surface area (Å²) in [5.41, 5.74) is 2.52. The second-order valence-corrected chi connectivity index (χ2v) is 9.06. The highest BCUT2D eigenvalue weighted by atomic mass is 16.5. The number of amides is 1. The molecule has 2 aromatic carbocycles. The monoisotopic (exact) mass is 472 g/mol. The average molecular weight is 473 g/mol. The number of nitrogens with zero attached hydrogens (tertiary/aromatic N) is 2. The van der Waals surface area contributed by atoms with Gasteiger partial charge in [0.1, 0.15) is 17.3 Å². The van der Waals surface area contributed by atoms with Crippen molar-refractivity contribution in [2.75, 3.05) is 6.61 Å². The van der Waals surface area contributed by atoms with E-state index < -0.39 is 17.7 Å². The molecule has 0 aliphatic carbocycles. The second-order valence-electron chi connectivity index (χ2n) is 9.06. The van der Waals surface area contributed by atoms with Gasteiger partial charge in [-0.1, -0.05) is 32.0 Å². The van der Waals surface area contributed by atoms with E-state index in [1.165, 1.54) is 17.0 Å². The number of aliphatic hydroxyl groups excluding tert-OH is 1. The number of aromatic nitrogens is 1. The van der Waals surface area contributed by atoms with Gasteiger partial charge in [-0.25, -0.2) is 0 Å². The first kappa shape index (κ1) is 24.0. The van der Waals surface area contributed by atoms with Gasteiger partial charge < -0.3 is 19.8 Å². The first-order valence-corrected chi connectivity index (χ1v) is 11.5. The van der Waals surface area contributed by atoms with E-state index in [1.807, 2.05) is 13.0 Å². The van der Waals surface area contributed by atoms with Crippen molar-refractivity contribution < 1.29 is 24.5 Å². The third-order valence-corrected chi connectivity index (χ3v) is 5.86. The Morgan fingerprint density at radius 3 is 2.49 bits per heavy atom. The van der Waals surface area contributed by atoms with Crippen LogP contribution in [0.1, 0.15) is 42.1 Å². The lowest BCUT2D eigenvalue weighted by Crippen LogP contribution is -2.29. The van der Waals surface area contributed by atoms with Crippen LogP contribution in [0.4, 0.5) is 0 Å². The quantitative estimate of drug-likeness (QED) is 0.292. The van der Waals surface area contributed by atoms with Crippen LogP contribution in [0, 0.1) is 12.8 Å². The van der Waals surface area contributed by atoms with Crippen LogP contribution in [0.15, 0.2) is 72.6 Å². The maximum atomic E-state index is 13.2. The van der Waals surface area contributed by atoms with Crippen molar-refractivity contribution in [1.82, 2.24) is 9.88 Å². The number of hydrogen-bond acceptors (Lipinski definition) is 6. The summed E-state index contributed by atoms with van der Waals surface area (Å²) >= 11 is 0. The Kier molecular flexibility index (Phi) is 6.87. The smallest absolute Gasteiger partial charge is 0.295 e. The number of rotatable bonds is 7. The van der Waals surface area contributed by atoms with E-state index in [2.05, 4.69) is 18.8 Å². The molecule has 7 heteroatoms. The Morgan fingerprint density at radius 2 is 1.86 bits per heavy atom. The van der Waals surface area contributed by atoms with E-state index in [-0.39, 0.29) is 23.6 Å². The van der Waals surface area contributed by atoms with Crippen molar-refractivity contribution >= 4 is 17.4 Å². The first-order chi connectivity index (χ1) is 16.8. The molecular formula is C28H28N2O5. The number of phenols is 1. The van der Waals surface area contributed by atoms with E-state index in [0.717, 1.165) is 5.56 Å². The first-order valence-electron chi connectivity index (χ1n) is 11.5. The van der Waals surface area contributed by atoms with Gasteiger partial charge in [0.05, 0.1) is 18.2 Å². The van der Waals surface area contributed by atoms with Crippen molar-refractivity contribution in [3.8, 4) is 11.5 Å². The van der Waals surface area contributed by atoms with Gasteiger partial charge in [-0.3, -0.25) is 14.6 Å². The molecule has 3 aromatic rings. The molecular weight excluding hydrogens is 444 g/mol. The minimum Gasteiger partial charge on any atom is -0.508 e. The number of carbonyl (C=O) groups excluding carboxylic acids is 2. The minimum absolute atomic E-state index is 0.00327. The van der Waals surface area contributed by atoms with Crippen LogP contribution < -0.4 is 4.74 Å². The Morgan fingerprint density at radius 1 is 1.11 bits per heavy atom. The fourth-order valence-electron chi connectivity index (χ4n) is 4.13. The van der Waals surface area contributed by atoms with Gasteiger partial charge in [0, 0.05) is 24.5 Å². The predicted molar refractivity (Wildman–Crippen MR) is 132 cm³/mol. The third-order valence-electron chi connectivity index (χ3n) is 5.86. The number of ether oxygens (including phenoxy) is 1. The number of ketones is 1. The molecule has 35 heavy (non-hydrogen) atoms. The number of aryl methyl sites for hydroxylation is 1. The molecule has 0 bridgehead atoms. The summed E-state index contributed by atoms with van der Waals surface area (Å²) in [6.07, 6.45) is 3.26. The lowest BCUT2D eigenvalue weighted by Gasteiger charge is -2.25. The zero-order valence-electron chi connectivity index (χ0n) is 19.9. The molecule has 0 saturated carbocycles. The Hall–Kier alpha value is -4.13. The number of likely N-dealkylation sites (tertiary alicyclic amines) is 1. The molecule has 0 radical (unpaired) electrons. The van der Waals surface area contributed by atoms with E-state index in [9.17, 15) is 19.8 Å². The molecule has 1 aliphatic rings. The highest BCUT2D eigenvalue weighted by molar-refractivity contribution is 6.46. The molecule has 1 fully saturated rings. The maximum absolute atomic E-state index is 13.2. The van der Waals surface area contributed by atoms with Gasteiger partial charge in [0.15, 0.2) is 0 Å². The molecule has 1 aromatic heterocycles. The molecule has 7 nitrogen and oxygen atoms in total. The summed E-state index contributed by atoms with van der Waals surface area (Å²) in [4.78, 5) is 31.9. The normalized spacial score (nSPS) is 17.3. The summed E-state index contributed by atoms with van der Waals surface area (Å²) < 4.78 is 5.78. The molecule has 1 saturated heterocycles. The van der Waals surface area contributed by atoms with Crippen LogP contribution in [0.25, 0.3) is 5.76 Å². The largest absolute Gasteiger partial charge is 0.508 e. The van der Waals surface area contributed by atoms with Crippen molar-refractivity contribution in [2.24, 2.45) is 5.92 Å². The molecule has 2 heterocycles. The Balaban J connectivity index is 1.79. The highest BCUT2D eigenvalue weighted by Crippen LogP contribution is 2.41. The molecule has 1 aliphatic heterocycles. The fraction of sp³-hybridized carbons (Fsp3) is 0.250. The van der Waals surface area contributed by atoms with Crippen LogP contribution >= 0.6 is 0 Å². The number of phenolic OH excluding ortho intramolecular Hbond substituents is 1. The van der Waals surface area contributed by atoms with Crippen LogP contribution in [0.3, 0.4) is 0 Å². The van der Waals surface area contributed by atoms with Crippen LogP contribution in [-0.4, -0.2) is 38.4 Å². The van der Waals surface area contributed by atoms with Gasteiger partial charge in [-0.05, 0) is 65.9 Å². The second kappa shape index (κ2) is 10.0. The van der Waals surface area contributed by atoms with Gasteiger partial charge in [0.25, 0.3) is 11.7 Å². The topological polar surface area (TPSA) is 100.0 Å². The number of aromatic hydroxyl groups is 1. The number of hydrogen-bond donors (Lipinski definition) is 2. The summed E-state index contributed by atoms with van der Waals surface area (Å²) in [6.45, 7) is 6.63.